The maximum Gasteiger partial charge on any atom is 0.263 e. The molecule has 1 aliphatic rings. The van der Waals surface area contributed by atoms with Crippen molar-refractivity contribution in [3.05, 3.63) is 80.3 Å². The van der Waals surface area contributed by atoms with E-state index < -0.39 is 23.6 Å². The Hall–Kier alpha value is -2.84. The lowest BCUT2D eigenvalue weighted by Gasteiger charge is -2.15. The average molecular weight is 434 g/mol. The fourth-order valence-corrected chi connectivity index (χ4v) is 4.11. The number of thiazole rings is 1. The Balaban J connectivity index is 1.59. The summed E-state index contributed by atoms with van der Waals surface area (Å²) in [5, 5.41) is 5.34. The molecule has 148 valence electrons. The van der Waals surface area contributed by atoms with E-state index in [9.17, 15) is 18.4 Å². The number of amides is 2. The summed E-state index contributed by atoms with van der Waals surface area (Å²) in [6, 6.07) is 5.92. The first kappa shape index (κ1) is 19.5. The molecule has 1 heterocycles. The standard InChI is InChI=1S/C20H14ClF2N3O2S/c21-13-7-10(1-4-14(13)22)25-19(27)12-2-5-15(23)18-11(12)3-6-16(18)26-20(28)17-8-24-9-29-17/h1-2,4-5,7-9,16H,3,6H2,(H,25,27)(H,26,28)/t16-/m0/s1. The van der Waals surface area contributed by atoms with Gasteiger partial charge in [0.1, 0.15) is 16.5 Å². The van der Waals surface area contributed by atoms with E-state index in [4.69, 9.17) is 11.6 Å². The molecule has 9 heteroatoms. The van der Waals surface area contributed by atoms with E-state index in [1.54, 1.807) is 5.51 Å². The van der Waals surface area contributed by atoms with Gasteiger partial charge in [0.2, 0.25) is 0 Å². The van der Waals surface area contributed by atoms with Gasteiger partial charge < -0.3 is 10.6 Å². The number of benzene rings is 2. The number of aromatic nitrogens is 1. The van der Waals surface area contributed by atoms with E-state index in [0.29, 0.717) is 40.1 Å². The van der Waals surface area contributed by atoms with E-state index >= 15 is 0 Å². The van der Waals surface area contributed by atoms with Crippen LogP contribution in [0.25, 0.3) is 0 Å². The molecule has 0 unspecified atom stereocenters. The SMILES string of the molecule is O=C(N[C@H]1CCc2c(C(=O)Nc3ccc(F)c(Cl)c3)ccc(F)c21)c1cncs1. The van der Waals surface area contributed by atoms with E-state index in [2.05, 4.69) is 15.6 Å². The molecule has 0 aliphatic heterocycles. The Bertz CT molecular complexity index is 1110. The monoisotopic (exact) mass is 433 g/mol. The highest BCUT2D eigenvalue weighted by molar-refractivity contribution is 7.11. The van der Waals surface area contributed by atoms with Crippen LogP contribution in [0, 0.1) is 11.6 Å². The van der Waals surface area contributed by atoms with Crippen molar-refractivity contribution in [3.63, 3.8) is 0 Å². The van der Waals surface area contributed by atoms with Crippen molar-refractivity contribution in [1.82, 2.24) is 10.3 Å². The van der Waals surface area contributed by atoms with Crippen LogP contribution in [-0.2, 0) is 6.42 Å². The fourth-order valence-electron chi connectivity index (χ4n) is 3.40. The Morgan fingerprint density at radius 1 is 1.14 bits per heavy atom. The first-order valence-corrected chi connectivity index (χ1v) is 9.97. The summed E-state index contributed by atoms with van der Waals surface area (Å²) in [4.78, 5) is 29.3. The number of carbonyl (C=O) groups excluding carboxylic acids is 2. The number of hydrogen-bond acceptors (Lipinski definition) is 4. The van der Waals surface area contributed by atoms with Crippen molar-refractivity contribution in [1.29, 1.82) is 0 Å². The number of fused-ring (bicyclic) bond motifs is 1. The molecule has 0 bridgehead atoms. The van der Waals surface area contributed by atoms with Crippen LogP contribution in [0.5, 0.6) is 0 Å². The molecule has 0 fully saturated rings. The lowest BCUT2D eigenvalue weighted by molar-refractivity contribution is 0.0939. The summed E-state index contributed by atoms with van der Waals surface area (Å²) < 4.78 is 27.9. The van der Waals surface area contributed by atoms with Gasteiger partial charge in [0, 0.05) is 16.8 Å². The number of nitrogens with zero attached hydrogens (tertiary/aromatic N) is 1. The maximum absolute atomic E-state index is 14.5. The van der Waals surface area contributed by atoms with Gasteiger partial charge in [-0.15, -0.1) is 11.3 Å². The van der Waals surface area contributed by atoms with Gasteiger partial charge in [-0.3, -0.25) is 14.6 Å². The molecule has 2 amide bonds. The Morgan fingerprint density at radius 3 is 2.66 bits per heavy atom. The number of anilines is 1. The van der Waals surface area contributed by atoms with Crippen LogP contribution in [0.4, 0.5) is 14.5 Å². The van der Waals surface area contributed by atoms with Crippen molar-refractivity contribution >= 4 is 40.4 Å². The van der Waals surface area contributed by atoms with Crippen molar-refractivity contribution in [2.24, 2.45) is 0 Å². The lowest BCUT2D eigenvalue weighted by Crippen LogP contribution is -2.27. The summed E-state index contributed by atoms with van der Waals surface area (Å²) in [5.41, 5.74) is 3.03. The lowest BCUT2D eigenvalue weighted by atomic mass is 10.0. The molecular formula is C20H14ClF2N3O2S. The third-order valence-corrected chi connectivity index (χ3v) is 5.78. The summed E-state index contributed by atoms with van der Waals surface area (Å²) in [6.07, 6.45) is 2.36. The molecule has 1 atom stereocenters. The zero-order chi connectivity index (χ0) is 20.5. The largest absolute Gasteiger partial charge is 0.344 e. The minimum Gasteiger partial charge on any atom is -0.344 e. The molecule has 3 aromatic rings. The van der Waals surface area contributed by atoms with Crippen molar-refractivity contribution in [2.75, 3.05) is 5.32 Å². The van der Waals surface area contributed by atoms with Crippen LogP contribution in [-0.4, -0.2) is 16.8 Å². The quantitative estimate of drug-likeness (QED) is 0.624. The number of hydrogen-bond donors (Lipinski definition) is 2. The molecule has 0 saturated heterocycles. The van der Waals surface area contributed by atoms with Crippen molar-refractivity contribution in [2.45, 2.75) is 18.9 Å². The highest BCUT2D eigenvalue weighted by Crippen LogP contribution is 2.36. The van der Waals surface area contributed by atoms with Gasteiger partial charge in [-0.2, -0.15) is 0 Å². The normalized spacial score (nSPS) is 15.1. The third-order valence-electron chi connectivity index (χ3n) is 4.72. The van der Waals surface area contributed by atoms with Gasteiger partial charge >= 0.3 is 0 Å². The van der Waals surface area contributed by atoms with Gasteiger partial charge in [0.25, 0.3) is 11.8 Å². The Morgan fingerprint density at radius 2 is 1.93 bits per heavy atom. The highest BCUT2D eigenvalue weighted by atomic mass is 35.5. The summed E-state index contributed by atoms with van der Waals surface area (Å²) >= 11 is 6.94. The molecular weight excluding hydrogens is 420 g/mol. The van der Waals surface area contributed by atoms with Gasteiger partial charge in [0.05, 0.1) is 22.8 Å². The fraction of sp³-hybridized carbons (Fsp3) is 0.150. The van der Waals surface area contributed by atoms with Crippen molar-refractivity contribution < 1.29 is 18.4 Å². The van der Waals surface area contributed by atoms with Crippen molar-refractivity contribution in [3.8, 4) is 0 Å². The van der Waals surface area contributed by atoms with Crippen LogP contribution in [0.15, 0.2) is 42.0 Å². The van der Waals surface area contributed by atoms with Gasteiger partial charge in [-0.05, 0) is 48.7 Å². The topological polar surface area (TPSA) is 71.1 Å². The molecule has 29 heavy (non-hydrogen) atoms. The van der Waals surface area contributed by atoms with Gasteiger partial charge in [-0.25, -0.2) is 8.78 Å². The zero-order valence-electron chi connectivity index (χ0n) is 14.8. The second kappa shape index (κ2) is 7.88. The molecule has 0 spiro atoms. The number of halogens is 3. The maximum atomic E-state index is 14.5. The molecule has 1 aromatic heterocycles. The molecule has 0 radical (unpaired) electrons. The molecule has 0 saturated carbocycles. The van der Waals surface area contributed by atoms with E-state index in [1.807, 2.05) is 0 Å². The van der Waals surface area contributed by atoms with Crippen LogP contribution < -0.4 is 10.6 Å². The summed E-state index contributed by atoms with van der Waals surface area (Å²) in [7, 11) is 0. The molecule has 2 aromatic carbocycles. The molecule has 5 nitrogen and oxygen atoms in total. The number of nitrogens with one attached hydrogen (secondary N) is 2. The van der Waals surface area contributed by atoms with Gasteiger partial charge in [-0.1, -0.05) is 11.6 Å². The Labute approximate surface area is 173 Å². The smallest absolute Gasteiger partial charge is 0.263 e. The van der Waals surface area contributed by atoms with Crippen LogP contribution >= 0.6 is 22.9 Å². The van der Waals surface area contributed by atoms with E-state index in [-0.39, 0.29) is 10.9 Å². The summed E-state index contributed by atoms with van der Waals surface area (Å²) in [5.74, 6) is -1.86. The predicted octanol–water partition coefficient (Wildman–Crippen LogP) is 4.74. The second-order valence-corrected chi connectivity index (χ2v) is 7.79. The first-order chi connectivity index (χ1) is 13.9. The minimum absolute atomic E-state index is 0.113. The predicted molar refractivity (Wildman–Crippen MR) is 106 cm³/mol. The zero-order valence-corrected chi connectivity index (χ0v) is 16.4. The van der Waals surface area contributed by atoms with Gasteiger partial charge in [0.15, 0.2) is 0 Å². The highest BCUT2D eigenvalue weighted by Gasteiger charge is 2.31. The van der Waals surface area contributed by atoms with Crippen LogP contribution in [0.2, 0.25) is 5.02 Å². The average Bonchev–Trinajstić information content (AvgIpc) is 3.36. The minimum atomic E-state index is -0.591. The number of rotatable bonds is 4. The molecule has 4 rings (SSSR count). The second-order valence-electron chi connectivity index (χ2n) is 6.50. The third kappa shape index (κ3) is 3.86. The number of carbonyl (C=O) groups is 2. The van der Waals surface area contributed by atoms with E-state index in [1.165, 1.54) is 41.8 Å². The van der Waals surface area contributed by atoms with Crippen LogP contribution in [0.3, 0.4) is 0 Å². The first-order valence-electron chi connectivity index (χ1n) is 8.71. The van der Waals surface area contributed by atoms with Crippen LogP contribution in [0.1, 0.15) is 43.6 Å². The Kier molecular flexibility index (Phi) is 5.29. The molecule has 1 aliphatic carbocycles. The van der Waals surface area contributed by atoms with E-state index in [0.717, 1.165) is 6.07 Å². The summed E-state index contributed by atoms with van der Waals surface area (Å²) in [6.45, 7) is 0. The molecule has 2 N–H and O–H groups in total.